The van der Waals surface area contributed by atoms with E-state index in [2.05, 4.69) is 0 Å². The second kappa shape index (κ2) is 6.42. The van der Waals surface area contributed by atoms with Crippen LogP contribution in [0.1, 0.15) is 37.2 Å². The summed E-state index contributed by atoms with van der Waals surface area (Å²) in [5.74, 6) is 0.0494. The average molecular weight is 331 g/mol. The first kappa shape index (κ1) is 15.6. The third-order valence-corrected chi connectivity index (χ3v) is 5.15. The van der Waals surface area contributed by atoms with E-state index in [1.54, 1.807) is 18.1 Å². The Labute approximate surface area is 138 Å². The Bertz CT molecular complexity index is 722. The largest absolute Gasteiger partial charge is 0.497 e. The van der Waals surface area contributed by atoms with Crippen LogP contribution in [0.2, 0.25) is 0 Å². The minimum Gasteiger partial charge on any atom is -0.497 e. The first-order valence-corrected chi connectivity index (χ1v) is 8.16. The van der Waals surface area contributed by atoms with E-state index in [9.17, 15) is 9.59 Å². The fourth-order valence-corrected chi connectivity index (χ4v) is 3.63. The summed E-state index contributed by atoms with van der Waals surface area (Å²) in [5, 5.41) is 8.95. The Hall–Kier alpha value is -2.34. The van der Waals surface area contributed by atoms with E-state index in [1.165, 1.54) is 11.6 Å². The number of thiophene rings is 1. The SMILES string of the molecule is COc1ccc([C@@H]2CCN(C(=O)c3ccc(C(=O)O)s3)C2)cc1. The van der Waals surface area contributed by atoms with Crippen molar-refractivity contribution < 1.29 is 19.4 Å². The van der Waals surface area contributed by atoms with Crippen molar-refractivity contribution in [2.45, 2.75) is 12.3 Å². The minimum absolute atomic E-state index is 0.0847. The molecule has 0 saturated carbocycles. The van der Waals surface area contributed by atoms with E-state index in [-0.39, 0.29) is 10.8 Å². The third-order valence-electron chi connectivity index (χ3n) is 4.09. The molecule has 1 aliphatic heterocycles. The number of amides is 1. The maximum absolute atomic E-state index is 12.5. The highest BCUT2D eigenvalue weighted by Gasteiger charge is 2.29. The van der Waals surface area contributed by atoms with Crippen molar-refractivity contribution in [1.82, 2.24) is 4.90 Å². The molecule has 0 aliphatic carbocycles. The second-order valence-electron chi connectivity index (χ2n) is 5.48. The van der Waals surface area contributed by atoms with Crippen molar-refractivity contribution in [2.24, 2.45) is 0 Å². The fraction of sp³-hybridized carbons (Fsp3) is 0.294. The molecule has 0 radical (unpaired) electrons. The molecule has 0 spiro atoms. The van der Waals surface area contributed by atoms with Gasteiger partial charge in [-0.25, -0.2) is 4.79 Å². The van der Waals surface area contributed by atoms with Gasteiger partial charge in [-0.15, -0.1) is 11.3 Å². The standard InChI is InChI=1S/C17H17NO4S/c1-22-13-4-2-11(3-5-13)12-8-9-18(10-12)16(19)14-6-7-15(23-14)17(20)21/h2-7,12H,8-10H2,1H3,(H,20,21)/t12-/m1/s1. The molecule has 0 unspecified atom stereocenters. The Balaban J connectivity index is 1.68. The molecule has 1 aliphatic rings. The summed E-state index contributed by atoms with van der Waals surface area (Å²) >= 11 is 1.03. The summed E-state index contributed by atoms with van der Waals surface area (Å²) in [5.41, 5.74) is 1.19. The number of benzene rings is 1. The van der Waals surface area contributed by atoms with Gasteiger partial charge >= 0.3 is 5.97 Å². The lowest BCUT2D eigenvalue weighted by molar-refractivity contribution is 0.0701. The molecular formula is C17H17NO4S. The molecule has 1 N–H and O–H groups in total. The second-order valence-corrected chi connectivity index (χ2v) is 6.56. The molecule has 2 aromatic rings. The van der Waals surface area contributed by atoms with Gasteiger partial charge < -0.3 is 14.7 Å². The van der Waals surface area contributed by atoms with E-state index >= 15 is 0 Å². The molecule has 1 atom stereocenters. The molecule has 1 saturated heterocycles. The van der Waals surface area contributed by atoms with Gasteiger partial charge in [0.2, 0.25) is 0 Å². The van der Waals surface area contributed by atoms with Gasteiger partial charge in [-0.05, 0) is 36.2 Å². The first-order valence-electron chi connectivity index (χ1n) is 7.35. The lowest BCUT2D eigenvalue weighted by Gasteiger charge is -2.16. The van der Waals surface area contributed by atoms with Crippen LogP contribution in [0.3, 0.4) is 0 Å². The number of carboxylic acids is 1. The summed E-state index contributed by atoms with van der Waals surface area (Å²) in [6, 6.07) is 11.0. The van der Waals surface area contributed by atoms with E-state index in [0.29, 0.717) is 23.9 Å². The minimum atomic E-state index is -0.994. The molecule has 1 aromatic heterocycles. The highest BCUT2D eigenvalue weighted by atomic mass is 32.1. The summed E-state index contributed by atoms with van der Waals surface area (Å²) in [6.45, 7) is 1.35. The predicted octanol–water partition coefficient (Wildman–Crippen LogP) is 3.08. The van der Waals surface area contributed by atoms with Gasteiger partial charge in [0.05, 0.1) is 12.0 Å². The van der Waals surface area contributed by atoms with Gasteiger partial charge in [-0.3, -0.25) is 4.79 Å². The molecule has 6 heteroatoms. The normalized spacial score (nSPS) is 17.3. The number of methoxy groups -OCH3 is 1. The zero-order chi connectivity index (χ0) is 16.4. The van der Waals surface area contributed by atoms with Crippen LogP contribution in [0.5, 0.6) is 5.75 Å². The molecule has 5 nitrogen and oxygen atoms in total. The smallest absolute Gasteiger partial charge is 0.345 e. The Morgan fingerprint density at radius 2 is 1.87 bits per heavy atom. The molecule has 23 heavy (non-hydrogen) atoms. The van der Waals surface area contributed by atoms with Crippen LogP contribution < -0.4 is 4.74 Å². The summed E-state index contributed by atoms with van der Waals surface area (Å²) in [6.07, 6.45) is 0.912. The van der Waals surface area contributed by atoms with Crippen molar-refractivity contribution in [3.8, 4) is 5.75 Å². The number of carbonyl (C=O) groups is 2. The van der Waals surface area contributed by atoms with E-state index < -0.39 is 5.97 Å². The van der Waals surface area contributed by atoms with Crippen LogP contribution in [0.15, 0.2) is 36.4 Å². The predicted molar refractivity (Wildman–Crippen MR) is 87.5 cm³/mol. The lowest BCUT2D eigenvalue weighted by atomic mass is 9.98. The van der Waals surface area contributed by atoms with Gasteiger partial charge in [0.1, 0.15) is 10.6 Å². The Morgan fingerprint density at radius 1 is 1.17 bits per heavy atom. The molecule has 1 amide bonds. The van der Waals surface area contributed by atoms with Gasteiger partial charge in [0, 0.05) is 19.0 Å². The van der Waals surface area contributed by atoms with E-state index in [4.69, 9.17) is 9.84 Å². The number of carbonyl (C=O) groups excluding carboxylic acids is 1. The van der Waals surface area contributed by atoms with Crippen molar-refractivity contribution in [2.75, 3.05) is 20.2 Å². The molecule has 1 fully saturated rings. The van der Waals surface area contributed by atoms with Crippen molar-refractivity contribution >= 4 is 23.2 Å². The third kappa shape index (κ3) is 3.22. The Morgan fingerprint density at radius 3 is 2.48 bits per heavy atom. The van der Waals surface area contributed by atoms with Crippen LogP contribution in [-0.4, -0.2) is 42.1 Å². The molecule has 3 rings (SSSR count). The van der Waals surface area contributed by atoms with Gasteiger partial charge in [0.15, 0.2) is 0 Å². The monoisotopic (exact) mass is 331 g/mol. The number of hydrogen-bond donors (Lipinski definition) is 1. The van der Waals surface area contributed by atoms with Gasteiger partial charge in [0.25, 0.3) is 5.91 Å². The van der Waals surface area contributed by atoms with E-state index in [0.717, 1.165) is 23.5 Å². The zero-order valence-corrected chi connectivity index (χ0v) is 13.5. The van der Waals surface area contributed by atoms with Crippen LogP contribution in [0.25, 0.3) is 0 Å². The number of hydrogen-bond acceptors (Lipinski definition) is 4. The van der Waals surface area contributed by atoms with Crippen molar-refractivity contribution in [3.63, 3.8) is 0 Å². The number of carboxylic acid groups (broad SMARTS) is 1. The molecule has 0 bridgehead atoms. The molecule has 2 heterocycles. The molecule has 1 aromatic carbocycles. The first-order chi connectivity index (χ1) is 11.1. The van der Waals surface area contributed by atoms with Crippen molar-refractivity contribution in [3.05, 3.63) is 51.7 Å². The van der Waals surface area contributed by atoms with E-state index in [1.807, 2.05) is 24.3 Å². The average Bonchev–Trinajstić information content (AvgIpc) is 3.24. The quantitative estimate of drug-likeness (QED) is 0.935. The van der Waals surface area contributed by atoms with Crippen LogP contribution in [0.4, 0.5) is 0 Å². The van der Waals surface area contributed by atoms with Crippen LogP contribution in [-0.2, 0) is 0 Å². The highest BCUT2D eigenvalue weighted by molar-refractivity contribution is 7.15. The summed E-state index contributed by atoms with van der Waals surface area (Å²) in [7, 11) is 1.64. The molecule has 120 valence electrons. The fourth-order valence-electron chi connectivity index (χ4n) is 2.82. The number of rotatable bonds is 4. The number of aromatic carboxylic acids is 1. The maximum atomic E-state index is 12.5. The lowest BCUT2D eigenvalue weighted by Crippen LogP contribution is -2.27. The highest BCUT2D eigenvalue weighted by Crippen LogP contribution is 2.30. The maximum Gasteiger partial charge on any atom is 0.345 e. The zero-order valence-electron chi connectivity index (χ0n) is 12.7. The summed E-state index contributed by atoms with van der Waals surface area (Å²) in [4.78, 5) is 25.9. The van der Waals surface area contributed by atoms with Gasteiger partial charge in [-0.2, -0.15) is 0 Å². The number of nitrogens with zero attached hydrogens (tertiary/aromatic N) is 1. The van der Waals surface area contributed by atoms with Crippen molar-refractivity contribution in [1.29, 1.82) is 0 Å². The molecular weight excluding hydrogens is 314 g/mol. The van der Waals surface area contributed by atoms with Crippen LogP contribution in [0, 0.1) is 0 Å². The topological polar surface area (TPSA) is 66.8 Å². The Kier molecular flexibility index (Phi) is 4.34. The summed E-state index contributed by atoms with van der Waals surface area (Å²) < 4.78 is 5.16. The van der Waals surface area contributed by atoms with Gasteiger partial charge in [-0.1, -0.05) is 12.1 Å². The number of likely N-dealkylation sites (tertiary alicyclic amines) is 1. The van der Waals surface area contributed by atoms with Crippen LogP contribution >= 0.6 is 11.3 Å². The number of ether oxygens (including phenoxy) is 1.